The maximum atomic E-state index is 11.2. The van der Waals surface area contributed by atoms with E-state index in [-0.39, 0.29) is 5.91 Å². The van der Waals surface area contributed by atoms with Crippen LogP contribution in [0, 0.1) is 0 Å². The summed E-state index contributed by atoms with van der Waals surface area (Å²) in [7, 11) is 0. The predicted molar refractivity (Wildman–Crippen MR) is 59.2 cm³/mol. The summed E-state index contributed by atoms with van der Waals surface area (Å²) in [6.45, 7) is 2.12. The lowest BCUT2D eigenvalue weighted by Crippen LogP contribution is -2.24. The molecule has 0 atom stereocenters. The maximum absolute atomic E-state index is 11.2. The van der Waals surface area contributed by atoms with Crippen LogP contribution in [-0.2, 0) is 9.53 Å². The van der Waals surface area contributed by atoms with Crippen molar-refractivity contribution < 1.29 is 9.53 Å². The number of nitrogens with one attached hydrogen (secondary N) is 1. The van der Waals surface area contributed by atoms with Crippen molar-refractivity contribution in [1.82, 2.24) is 5.32 Å². The average Bonchev–Trinajstić information content (AvgIpc) is 2.74. The molecular formula is C11H20N2O2. The first-order chi connectivity index (χ1) is 7.33. The molecule has 0 fully saturated rings. The second-order valence-electron chi connectivity index (χ2n) is 3.65. The molecule has 4 heteroatoms. The Kier molecular flexibility index (Phi) is 5.85. The fourth-order valence-corrected chi connectivity index (χ4v) is 1.48. The Bertz CT molecular complexity index is 227. The van der Waals surface area contributed by atoms with Crippen LogP contribution in [0.15, 0.2) is 11.8 Å². The summed E-state index contributed by atoms with van der Waals surface area (Å²) >= 11 is 0. The second-order valence-corrected chi connectivity index (χ2v) is 3.65. The van der Waals surface area contributed by atoms with Crippen LogP contribution in [0.3, 0.4) is 0 Å². The lowest BCUT2D eigenvalue weighted by Gasteiger charge is -2.05. The van der Waals surface area contributed by atoms with Crippen molar-refractivity contribution in [3.05, 3.63) is 11.8 Å². The van der Waals surface area contributed by atoms with Crippen LogP contribution in [0.2, 0.25) is 0 Å². The van der Waals surface area contributed by atoms with Gasteiger partial charge >= 0.3 is 0 Å². The van der Waals surface area contributed by atoms with E-state index in [0.29, 0.717) is 13.0 Å². The fourth-order valence-electron chi connectivity index (χ4n) is 1.48. The average molecular weight is 212 g/mol. The minimum absolute atomic E-state index is 0.0989. The van der Waals surface area contributed by atoms with Crippen molar-refractivity contribution in [1.29, 1.82) is 0 Å². The first-order valence-corrected chi connectivity index (χ1v) is 5.61. The summed E-state index contributed by atoms with van der Waals surface area (Å²) in [6, 6.07) is 0. The molecule has 1 heterocycles. The Labute approximate surface area is 90.9 Å². The molecule has 3 N–H and O–H groups in total. The highest BCUT2D eigenvalue weighted by Gasteiger charge is 2.05. The van der Waals surface area contributed by atoms with E-state index in [1.54, 1.807) is 0 Å². The highest BCUT2D eigenvalue weighted by atomic mass is 16.5. The van der Waals surface area contributed by atoms with Crippen molar-refractivity contribution in [3.63, 3.8) is 0 Å². The molecule has 0 aromatic heterocycles. The minimum Gasteiger partial charge on any atom is -0.498 e. The fraction of sp³-hybridized carbons (Fsp3) is 0.727. The molecule has 0 bridgehead atoms. The molecule has 1 aliphatic heterocycles. The van der Waals surface area contributed by atoms with E-state index in [1.165, 1.54) is 0 Å². The minimum atomic E-state index is 0.0989. The third-order valence-corrected chi connectivity index (χ3v) is 2.31. The predicted octanol–water partition coefficient (Wildman–Crippen LogP) is 0.926. The van der Waals surface area contributed by atoms with Gasteiger partial charge < -0.3 is 15.8 Å². The highest BCUT2D eigenvalue weighted by molar-refractivity contribution is 5.75. The molecule has 0 aliphatic carbocycles. The van der Waals surface area contributed by atoms with E-state index in [4.69, 9.17) is 10.5 Å². The number of rotatable bonds is 7. The van der Waals surface area contributed by atoms with Crippen LogP contribution in [0.25, 0.3) is 0 Å². The summed E-state index contributed by atoms with van der Waals surface area (Å²) < 4.78 is 5.36. The normalized spacial score (nSPS) is 14.6. The number of carbonyl (C=O) groups is 1. The topological polar surface area (TPSA) is 64.4 Å². The van der Waals surface area contributed by atoms with Gasteiger partial charge in [0, 0.05) is 25.8 Å². The monoisotopic (exact) mass is 212 g/mol. The van der Waals surface area contributed by atoms with Gasteiger partial charge in [-0.3, -0.25) is 4.79 Å². The van der Waals surface area contributed by atoms with E-state index in [9.17, 15) is 4.79 Å². The number of carbonyl (C=O) groups excluding carboxylic acids is 1. The third-order valence-electron chi connectivity index (χ3n) is 2.31. The van der Waals surface area contributed by atoms with Crippen LogP contribution in [0.5, 0.6) is 0 Å². The Morgan fingerprint density at radius 2 is 2.40 bits per heavy atom. The summed E-state index contributed by atoms with van der Waals surface area (Å²) in [4.78, 5) is 11.2. The Morgan fingerprint density at radius 3 is 3.07 bits per heavy atom. The number of hydrogen-bond acceptors (Lipinski definition) is 3. The molecule has 0 saturated heterocycles. The molecule has 1 rings (SSSR count). The van der Waals surface area contributed by atoms with Gasteiger partial charge in [-0.25, -0.2) is 0 Å². The van der Waals surface area contributed by atoms with Crippen molar-refractivity contribution in [3.8, 4) is 0 Å². The van der Waals surface area contributed by atoms with Crippen LogP contribution in [0.1, 0.15) is 32.1 Å². The van der Waals surface area contributed by atoms with E-state index in [0.717, 1.165) is 44.6 Å². The molecule has 0 aromatic rings. The molecule has 0 saturated carbocycles. The number of ether oxygens (including phenoxy) is 1. The first-order valence-electron chi connectivity index (χ1n) is 5.61. The zero-order valence-electron chi connectivity index (χ0n) is 9.13. The largest absolute Gasteiger partial charge is 0.498 e. The van der Waals surface area contributed by atoms with Gasteiger partial charge in [0.15, 0.2) is 0 Å². The Balaban J connectivity index is 1.94. The zero-order chi connectivity index (χ0) is 10.9. The highest BCUT2D eigenvalue weighted by Crippen LogP contribution is 2.13. The molecule has 1 aliphatic rings. The first kappa shape index (κ1) is 12.0. The standard InChI is InChI=1S/C11H20N2O2/c12-7-1-6-11(14)13-8-2-4-10-5-3-9-15-10/h5H,1-4,6-9,12H2,(H,13,14). The summed E-state index contributed by atoms with van der Waals surface area (Å²) in [6.07, 6.45) is 6.32. The van der Waals surface area contributed by atoms with Gasteiger partial charge in [-0.2, -0.15) is 0 Å². The van der Waals surface area contributed by atoms with E-state index >= 15 is 0 Å². The number of nitrogens with two attached hydrogens (primary N) is 1. The quantitative estimate of drug-likeness (QED) is 0.617. The van der Waals surface area contributed by atoms with Crippen molar-refractivity contribution in [2.24, 2.45) is 5.73 Å². The zero-order valence-corrected chi connectivity index (χ0v) is 9.13. The molecule has 0 unspecified atom stereocenters. The van der Waals surface area contributed by atoms with Gasteiger partial charge in [-0.1, -0.05) is 0 Å². The molecular weight excluding hydrogens is 192 g/mol. The Morgan fingerprint density at radius 1 is 1.53 bits per heavy atom. The number of amides is 1. The lowest BCUT2D eigenvalue weighted by atomic mass is 10.2. The smallest absolute Gasteiger partial charge is 0.220 e. The van der Waals surface area contributed by atoms with Crippen LogP contribution in [0.4, 0.5) is 0 Å². The molecule has 15 heavy (non-hydrogen) atoms. The van der Waals surface area contributed by atoms with E-state index < -0.39 is 0 Å². The summed E-state index contributed by atoms with van der Waals surface area (Å²) in [5, 5.41) is 2.86. The second kappa shape index (κ2) is 7.29. The van der Waals surface area contributed by atoms with Gasteiger partial charge in [0.25, 0.3) is 0 Å². The van der Waals surface area contributed by atoms with Crippen LogP contribution in [-0.4, -0.2) is 25.6 Å². The lowest BCUT2D eigenvalue weighted by molar-refractivity contribution is -0.121. The van der Waals surface area contributed by atoms with Crippen LogP contribution < -0.4 is 11.1 Å². The molecule has 1 amide bonds. The van der Waals surface area contributed by atoms with Gasteiger partial charge in [-0.05, 0) is 25.5 Å². The number of allylic oxidation sites excluding steroid dienone is 1. The summed E-state index contributed by atoms with van der Waals surface area (Å²) in [5.41, 5.74) is 5.31. The van der Waals surface area contributed by atoms with Crippen molar-refractivity contribution in [2.45, 2.75) is 32.1 Å². The molecule has 86 valence electrons. The molecule has 4 nitrogen and oxygen atoms in total. The third kappa shape index (κ3) is 5.42. The molecule has 0 spiro atoms. The van der Waals surface area contributed by atoms with Crippen molar-refractivity contribution in [2.75, 3.05) is 19.7 Å². The van der Waals surface area contributed by atoms with E-state index in [2.05, 4.69) is 11.4 Å². The van der Waals surface area contributed by atoms with Gasteiger partial charge in [-0.15, -0.1) is 0 Å². The van der Waals surface area contributed by atoms with Gasteiger partial charge in [0.05, 0.1) is 12.4 Å². The maximum Gasteiger partial charge on any atom is 0.220 e. The van der Waals surface area contributed by atoms with Gasteiger partial charge in [0.1, 0.15) is 0 Å². The summed E-state index contributed by atoms with van der Waals surface area (Å²) in [5.74, 6) is 1.17. The van der Waals surface area contributed by atoms with Gasteiger partial charge in [0.2, 0.25) is 5.91 Å². The Hall–Kier alpha value is -1.03. The number of hydrogen-bond donors (Lipinski definition) is 2. The van der Waals surface area contributed by atoms with Crippen LogP contribution >= 0.6 is 0 Å². The SMILES string of the molecule is NCCCC(=O)NCCCC1=CCCO1. The molecule has 0 aromatic carbocycles. The van der Waals surface area contributed by atoms with E-state index in [1.807, 2.05) is 0 Å². The molecule has 0 radical (unpaired) electrons. The van der Waals surface area contributed by atoms with Crippen molar-refractivity contribution >= 4 is 5.91 Å².